The predicted molar refractivity (Wildman–Crippen MR) is 137 cm³/mol. The van der Waals surface area contributed by atoms with E-state index in [1.54, 1.807) is 11.8 Å². The molecule has 1 amide bonds. The van der Waals surface area contributed by atoms with E-state index >= 15 is 4.39 Å². The highest BCUT2D eigenvalue weighted by atomic mass is 32.2. The summed E-state index contributed by atoms with van der Waals surface area (Å²) in [5.74, 6) is -0.0983. The second-order valence-corrected chi connectivity index (χ2v) is 11.0. The van der Waals surface area contributed by atoms with E-state index in [4.69, 9.17) is 4.74 Å². The van der Waals surface area contributed by atoms with Crippen molar-refractivity contribution in [3.8, 4) is 16.9 Å². The molecule has 37 heavy (non-hydrogen) atoms. The molecule has 1 aliphatic heterocycles. The number of benzene rings is 3. The highest BCUT2D eigenvalue weighted by Gasteiger charge is 2.27. The number of aromatic amines is 1. The summed E-state index contributed by atoms with van der Waals surface area (Å²) in [6.07, 6.45) is 1.12. The Morgan fingerprint density at radius 1 is 1.16 bits per heavy atom. The van der Waals surface area contributed by atoms with E-state index in [0.717, 1.165) is 40.0 Å². The number of nitrogens with one attached hydrogen (secondary N) is 1. The number of imidazole rings is 1. The molecule has 5 rings (SSSR count). The Bertz CT molecular complexity index is 1630. The number of H-pyrrole nitrogens is 1. The zero-order chi connectivity index (χ0) is 26.3. The summed E-state index contributed by atoms with van der Waals surface area (Å²) in [5.41, 5.74) is 4.43. The van der Waals surface area contributed by atoms with Crippen molar-refractivity contribution in [3.05, 3.63) is 76.9 Å². The zero-order valence-corrected chi connectivity index (χ0v) is 21.2. The SMILES string of the molecule is CCc1c(C(=O)N2CCOc3ccc(-c4ccc5nc(CO)[nH]c5c4)cc3C2)ccc(S(C)(=O)=O)c1F. The number of carbonyl (C=O) groups is 1. The monoisotopic (exact) mass is 523 g/mol. The molecule has 0 bridgehead atoms. The fourth-order valence-corrected chi connectivity index (χ4v) is 5.43. The average molecular weight is 524 g/mol. The van der Waals surface area contributed by atoms with Crippen LogP contribution in [0.4, 0.5) is 4.39 Å². The third kappa shape index (κ3) is 4.70. The van der Waals surface area contributed by atoms with Gasteiger partial charge in [-0.25, -0.2) is 17.8 Å². The van der Waals surface area contributed by atoms with Crippen molar-refractivity contribution in [2.45, 2.75) is 31.4 Å². The van der Waals surface area contributed by atoms with Crippen LogP contribution in [0.5, 0.6) is 5.75 Å². The van der Waals surface area contributed by atoms with Gasteiger partial charge in [0.25, 0.3) is 5.91 Å². The van der Waals surface area contributed by atoms with Crippen molar-refractivity contribution in [1.29, 1.82) is 0 Å². The number of carbonyl (C=O) groups excluding carboxylic acids is 1. The lowest BCUT2D eigenvalue weighted by Crippen LogP contribution is -2.33. The van der Waals surface area contributed by atoms with Gasteiger partial charge < -0.3 is 19.7 Å². The number of aliphatic hydroxyl groups is 1. The number of rotatable bonds is 5. The minimum absolute atomic E-state index is 0.0853. The van der Waals surface area contributed by atoms with Crippen molar-refractivity contribution < 1.29 is 27.4 Å². The smallest absolute Gasteiger partial charge is 0.254 e. The Morgan fingerprint density at radius 3 is 2.65 bits per heavy atom. The minimum Gasteiger partial charge on any atom is -0.491 e. The zero-order valence-electron chi connectivity index (χ0n) is 20.4. The maximum Gasteiger partial charge on any atom is 0.254 e. The van der Waals surface area contributed by atoms with E-state index in [0.29, 0.717) is 18.1 Å². The van der Waals surface area contributed by atoms with Gasteiger partial charge in [-0.3, -0.25) is 4.79 Å². The number of halogens is 1. The molecule has 3 aromatic carbocycles. The molecule has 1 aromatic heterocycles. The molecular weight excluding hydrogens is 497 g/mol. The molecule has 0 saturated carbocycles. The summed E-state index contributed by atoms with van der Waals surface area (Å²) in [7, 11) is -3.76. The normalized spacial score (nSPS) is 13.8. The van der Waals surface area contributed by atoms with Gasteiger partial charge in [0.15, 0.2) is 9.84 Å². The molecule has 0 fully saturated rings. The van der Waals surface area contributed by atoms with Gasteiger partial charge in [0, 0.05) is 29.5 Å². The molecule has 4 aromatic rings. The molecule has 0 spiro atoms. The fraction of sp³-hybridized carbons (Fsp3) is 0.259. The van der Waals surface area contributed by atoms with Crippen molar-refractivity contribution >= 4 is 26.8 Å². The first-order chi connectivity index (χ1) is 17.7. The summed E-state index contributed by atoms with van der Waals surface area (Å²) in [5, 5.41) is 9.35. The van der Waals surface area contributed by atoms with Crippen LogP contribution >= 0.6 is 0 Å². The standard InChI is InChI=1S/C27H26FN3O5S/c1-3-19-20(6-9-24(26(19)28)37(2,34)35)27(33)31-10-11-36-23-8-5-16(12-18(23)14-31)17-4-7-21-22(13-17)30-25(15-32)29-21/h4-9,12-13,32H,3,10-11,14-15H2,1-2H3,(H,29,30). The van der Waals surface area contributed by atoms with Crippen molar-refractivity contribution in [2.75, 3.05) is 19.4 Å². The van der Waals surface area contributed by atoms with Crippen LogP contribution in [0, 0.1) is 5.82 Å². The van der Waals surface area contributed by atoms with E-state index < -0.39 is 20.5 Å². The lowest BCUT2D eigenvalue weighted by atomic mass is 10.0. The lowest BCUT2D eigenvalue weighted by Gasteiger charge is -2.22. The number of aromatic nitrogens is 2. The topological polar surface area (TPSA) is 113 Å². The summed E-state index contributed by atoms with van der Waals surface area (Å²) in [6, 6.07) is 14.1. The van der Waals surface area contributed by atoms with E-state index in [1.165, 1.54) is 6.07 Å². The summed E-state index contributed by atoms with van der Waals surface area (Å²) in [6.45, 7) is 2.33. The number of hydrogen-bond acceptors (Lipinski definition) is 6. The second kappa shape index (κ2) is 9.60. The molecule has 2 N–H and O–H groups in total. The van der Waals surface area contributed by atoms with Crippen LogP contribution in [-0.2, 0) is 29.4 Å². The number of aliphatic hydroxyl groups excluding tert-OH is 1. The van der Waals surface area contributed by atoms with Gasteiger partial charge in [-0.1, -0.05) is 19.1 Å². The number of hydrogen-bond donors (Lipinski definition) is 2. The number of nitrogens with zero attached hydrogens (tertiary/aromatic N) is 2. The summed E-state index contributed by atoms with van der Waals surface area (Å²) < 4.78 is 44.9. The number of fused-ring (bicyclic) bond motifs is 2. The average Bonchev–Trinajstić information content (AvgIpc) is 3.17. The van der Waals surface area contributed by atoms with Gasteiger partial charge in [-0.15, -0.1) is 0 Å². The van der Waals surface area contributed by atoms with Crippen molar-refractivity contribution in [1.82, 2.24) is 14.9 Å². The molecule has 0 atom stereocenters. The third-order valence-corrected chi connectivity index (χ3v) is 7.65. The van der Waals surface area contributed by atoms with Crippen LogP contribution in [0.25, 0.3) is 22.2 Å². The van der Waals surface area contributed by atoms with E-state index in [1.807, 2.05) is 36.4 Å². The van der Waals surface area contributed by atoms with E-state index in [-0.39, 0.29) is 43.2 Å². The van der Waals surface area contributed by atoms with Gasteiger partial charge in [0.1, 0.15) is 35.5 Å². The molecule has 0 radical (unpaired) electrons. The van der Waals surface area contributed by atoms with Crippen LogP contribution in [0.1, 0.15) is 34.2 Å². The molecule has 1 aliphatic rings. The van der Waals surface area contributed by atoms with Gasteiger partial charge in [-0.2, -0.15) is 0 Å². The predicted octanol–water partition coefficient (Wildman–Crippen LogP) is 3.86. The summed E-state index contributed by atoms with van der Waals surface area (Å²) in [4.78, 5) is 22.1. The van der Waals surface area contributed by atoms with Gasteiger partial charge in [0.05, 0.1) is 17.6 Å². The number of amides is 1. The molecule has 0 unspecified atom stereocenters. The Balaban J connectivity index is 1.47. The van der Waals surface area contributed by atoms with Crippen LogP contribution in [0.3, 0.4) is 0 Å². The molecule has 10 heteroatoms. The molecule has 0 aliphatic carbocycles. The van der Waals surface area contributed by atoms with Crippen molar-refractivity contribution in [2.24, 2.45) is 0 Å². The molecule has 8 nitrogen and oxygen atoms in total. The Morgan fingerprint density at radius 2 is 1.92 bits per heavy atom. The first-order valence-electron chi connectivity index (χ1n) is 11.9. The van der Waals surface area contributed by atoms with Crippen LogP contribution in [0.2, 0.25) is 0 Å². The number of sulfone groups is 1. The maximum absolute atomic E-state index is 15.1. The Hall–Kier alpha value is -3.76. The fourth-order valence-electron chi connectivity index (χ4n) is 4.67. The van der Waals surface area contributed by atoms with Gasteiger partial charge in [-0.05, 0) is 53.9 Å². The minimum atomic E-state index is -3.76. The van der Waals surface area contributed by atoms with Crippen LogP contribution in [-0.4, -0.2) is 53.7 Å². The van der Waals surface area contributed by atoms with Crippen molar-refractivity contribution in [3.63, 3.8) is 0 Å². The van der Waals surface area contributed by atoms with E-state index in [9.17, 15) is 18.3 Å². The number of ether oxygens (including phenoxy) is 1. The molecule has 0 saturated heterocycles. The Labute approximate surface area is 213 Å². The third-order valence-electron chi connectivity index (χ3n) is 6.53. The van der Waals surface area contributed by atoms with Gasteiger partial charge in [0.2, 0.25) is 0 Å². The quantitative estimate of drug-likeness (QED) is 0.411. The van der Waals surface area contributed by atoms with E-state index in [2.05, 4.69) is 9.97 Å². The maximum atomic E-state index is 15.1. The molecule has 192 valence electrons. The van der Waals surface area contributed by atoms with Crippen LogP contribution < -0.4 is 4.74 Å². The largest absolute Gasteiger partial charge is 0.491 e. The van der Waals surface area contributed by atoms with Crippen LogP contribution in [0.15, 0.2) is 53.4 Å². The first kappa shape index (κ1) is 24.9. The van der Waals surface area contributed by atoms with Gasteiger partial charge >= 0.3 is 0 Å². The summed E-state index contributed by atoms with van der Waals surface area (Å²) >= 11 is 0. The molecule has 2 heterocycles. The Kier molecular flexibility index (Phi) is 6.47. The highest BCUT2D eigenvalue weighted by molar-refractivity contribution is 7.90. The highest BCUT2D eigenvalue weighted by Crippen LogP contribution is 2.32. The lowest BCUT2D eigenvalue weighted by molar-refractivity contribution is 0.0731. The molecular formula is C27H26FN3O5S. The first-order valence-corrected chi connectivity index (χ1v) is 13.7. The second-order valence-electron chi connectivity index (χ2n) is 9.00.